The van der Waals surface area contributed by atoms with Crippen molar-refractivity contribution in [2.45, 2.75) is 40.2 Å². The summed E-state index contributed by atoms with van der Waals surface area (Å²) < 4.78 is 4.74. The van der Waals surface area contributed by atoms with Gasteiger partial charge in [0.1, 0.15) is 0 Å². The van der Waals surface area contributed by atoms with Crippen LogP contribution >= 0.6 is 0 Å². The third-order valence-corrected chi connectivity index (χ3v) is 3.24. The number of hydrogen-bond donors (Lipinski definition) is 1. The smallest absolute Gasteiger partial charge is 0.337 e. The zero-order chi connectivity index (χ0) is 13.7. The number of benzene rings is 1. The van der Waals surface area contributed by atoms with E-state index in [1.165, 1.54) is 7.11 Å². The summed E-state index contributed by atoms with van der Waals surface area (Å²) in [6.07, 6.45) is 1.06. The number of rotatable bonds is 5. The van der Waals surface area contributed by atoms with Crippen LogP contribution in [0.25, 0.3) is 0 Å². The van der Waals surface area contributed by atoms with Gasteiger partial charge < -0.3 is 10.1 Å². The van der Waals surface area contributed by atoms with Crippen LogP contribution < -0.4 is 5.32 Å². The van der Waals surface area contributed by atoms with Crippen molar-refractivity contribution in [2.24, 2.45) is 5.92 Å². The second-order valence-corrected chi connectivity index (χ2v) is 4.92. The van der Waals surface area contributed by atoms with Gasteiger partial charge in [-0.1, -0.05) is 26.8 Å². The molecule has 1 aromatic carbocycles. The summed E-state index contributed by atoms with van der Waals surface area (Å²) in [5, 5.41) is 3.51. The van der Waals surface area contributed by atoms with Crippen molar-refractivity contribution in [3.05, 3.63) is 29.3 Å². The predicted molar refractivity (Wildman–Crippen MR) is 75.1 cm³/mol. The van der Waals surface area contributed by atoms with Crippen LogP contribution in [0.2, 0.25) is 0 Å². The number of carbonyl (C=O) groups is 1. The number of methoxy groups -OCH3 is 1. The van der Waals surface area contributed by atoms with Gasteiger partial charge in [-0.15, -0.1) is 0 Å². The van der Waals surface area contributed by atoms with Gasteiger partial charge >= 0.3 is 5.97 Å². The highest BCUT2D eigenvalue weighted by Gasteiger charge is 2.13. The van der Waals surface area contributed by atoms with Gasteiger partial charge in [-0.25, -0.2) is 4.79 Å². The predicted octanol–water partition coefficient (Wildman–Crippen LogP) is 3.63. The average molecular weight is 249 g/mol. The molecule has 0 saturated carbocycles. The molecule has 0 fully saturated rings. The summed E-state index contributed by atoms with van der Waals surface area (Å²) >= 11 is 0. The first kappa shape index (κ1) is 14.6. The van der Waals surface area contributed by atoms with Crippen LogP contribution in [0.5, 0.6) is 0 Å². The van der Waals surface area contributed by atoms with Crippen LogP contribution in [0.3, 0.4) is 0 Å². The fourth-order valence-corrected chi connectivity index (χ4v) is 1.96. The SMILES string of the molecule is CCC(Nc1cc(C(=O)OC)ccc1C)C(C)C. The molecule has 18 heavy (non-hydrogen) atoms. The first-order chi connectivity index (χ1) is 8.49. The topological polar surface area (TPSA) is 38.3 Å². The molecule has 1 N–H and O–H groups in total. The Labute approximate surface area is 110 Å². The average Bonchev–Trinajstić information content (AvgIpc) is 2.36. The van der Waals surface area contributed by atoms with E-state index >= 15 is 0 Å². The van der Waals surface area contributed by atoms with Crippen molar-refractivity contribution in [1.82, 2.24) is 0 Å². The van der Waals surface area contributed by atoms with Crippen molar-refractivity contribution in [2.75, 3.05) is 12.4 Å². The summed E-state index contributed by atoms with van der Waals surface area (Å²) in [6.45, 7) is 8.59. The second-order valence-electron chi connectivity index (χ2n) is 4.92. The van der Waals surface area contributed by atoms with E-state index in [0.29, 0.717) is 17.5 Å². The fraction of sp³-hybridized carbons (Fsp3) is 0.533. The Kier molecular flexibility index (Phi) is 5.20. The molecule has 100 valence electrons. The largest absolute Gasteiger partial charge is 0.465 e. The number of ether oxygens (including phenoxy) is 1. The Morgan fingerprint density at radius 1 is 1.39 bits per heavy atom. The van der Waals surface area contributed by atoms with Crippen molar-refractivity contribution in [3.63, 3.8) is 0 Å². The minimum Gasteiger partial charge on any atom is -0.465 e. The van der Waals surface area contributed by atoms with Gasteiger partial charge in [-0.05, 0) is 37.0 Å². The van der Waals surface area contributed by atoms with E-state index < -0.39 is 0 Å². The highest BCUT2D eigenvalue weighted by molar-refractivity contribution is 5.90. The molecule has 0 radical (unpaired) electrons. The number of hydrogen-bond acceptors (Lipinski definition) is 3. The molecule has 1 unspecified atom stereocenters. The van der Waals surface area contributed by atoms with Gasteiger partial charge in [0.25, 0.3) is 0 Å². The van der Waals surface area contributed by atoms with Crippen molar-refractivity contribution in [3.8, 4) is 0 Å². The van der Waals surface area contributed by atoms with Crippen molar-refractivity contribution < 1.29 is 9.53 Å². The lowest BCUT2D eigenvalue weighted by atomic mass is 10.0. The van der Waals surface area contributed by atoms with Crippen LogP contribution in [0.4, 0.5) is 5.69 Å². The summed E-state index contributed by atoms with van der Waals surface area (Å²) in [5.74, 6) is 0.256. The molecule has 3 nitrogen and oxygen atoms in total. The Bertz CT molecular complexity index is 413. The lowest BCUT2D eigenvalue weighted by molar-refractivity contribution is 0.0601. The summed E-state index contributed by atoms with van der Waals surface area (Å²) in [4.78, 5) is 11.5. The van der Waals surface area contributed by atoms with E-state index in [0.717, 1.165) is 17.7 Å². The molecule has 1 aromatic rings. The van der Waals surface area contributed by atoms with Crippen LogP contribution in [-0.2, 0) is 4.74 Å². The molecule has 0 aromatic heterocycles. The monoisotopic (exact) mass is 249 g/mol. The zero-order valence-electron chi connectivity index (χ0n) is 11.9. The van der Waals surface area contributed by atoms with Crippen molar-refractivity contribution >= 4 is 11.7 Å². The molecular formula is C15H23NO2. The fourth-order valence-electron chi connectivity index (χ4n) is 1.96. The summed E-state index contributed by atoms with van der Waals surface area (Å²) in [7, 11) is 1.40. The Morgan fingerprint density at radius 2 is 2.06 bits per heavy atom. The standard InChI is InChI=1S/C15H23NO2/c1-6-13(10(2)3)16-14-9-12(15(17)18-5)8-7-11(14)4/h7-10,13,16H,6H2,1-5H3. The van der Waals surface area contributed by atoms with Crippen LogP contribution in [-0.4, -0.2) is 19.1 Å². The first-order valence-corrected chi connectivity index (χ1v) is 6.45. The zero-order valence-corrected chi connectivity index (χ0v) is 11.9. The van der Waals surface area contributed by atoms with Gasteiger partial charge in [0.15, 0.2) is 0 Å². The van der Waals surface area contributed by atoms with Gasteiger partial charge in [-0.2, -0.15) is 0 Å². The van der Waals surface area contributed by atoms with Crippen LogP contribution in [0.1, 0.15) is 43.1 Å². The summed E-state index contributed by atoms with van der Waals surface area (Å²) in [6, 6.07) is 6.02. The van der Waals surface area contributed by atoms with Crippen molar-refractivity contribution in [1.29, 1.82) is 0 Å². The van der Waals surface area contributed by atoms with Gasteiger partial charge in [0.2, 0.25) is 0 Å². The molecular weight excluding hydrogens is 226 g/mol. The number of esters is 1. The molecule has 0 amide bonds. The molecule has 0 saturated heterocycles. The number of carbonyl (C=O) groups excluding carboxylic acids is 1. The Balaban J connectivity index is 2.97. The number of aryl methyl sites for hydroxylation is 1. The highest BCUT2D eigenvalue weighted by Crippen LogP contribution is 2.21. The van der Waals surface area contributed by atoms with E-state index in [-0.39, 0.29) is 5.97 Å². The van der Waals surface area contributed by atoms with Gasteiger partial charge in [-0.3, -0.25) is 0 Å². The molecule has 0 bridgehead atoms. The number of nitrogens with one attached hydrogen (secondary N) is 1. The third kappa shape index (κ3) is 3.49. The van der Waals surface area contributed by atoms with E-state index in [1.54, 1.807) is 6.07 Å². The van der Waals surface area contributed by atoms with Crippen LogP contribution in [0, 0.1) is 12.8 Å². The Hall–Kier alpha value is -1.51. The molecule has 0 aliphatic heterocycles. The molecule has 0 aliphatic rings. The molecule has 1 rings (SSSR count). The normalized spacial score (nSPS) is 12.3. The quantitative estimate of drug-likeness (QED) is 0.810. The number of anilines is 1. The maximum atomic E-state index is 11.5. The minimum atomic E-state index is -0.296. The van der Waals surface area contributed by atoms with E-state index in [4.69, 9.17) is 4.74 Å². The second kappa shape index (κ2) is 6.43. The molecule has 0 spiro atoms. The highest BCUT2D eigenvalue weighted by atomic mass is 16.5. The molecule has 3 heteroatoms. The molecule has 1 atom stereocenters. The van der Waals surface area contributed by atoms with E-state index in [9.17, 15) is 4.79 Å². The molecule has 0 heterocycles. The third-order valence-electron chi connectivity index (χ3n) is 3.24. The maximum Gasteiger partial charge on any atom is 0.337 e. The lowest BCUT2D eigenvalue weighted by Gasteiger charge is -2.23. The van der Waals surface area contributed by atoms with Gasteiger partial charge in [0.05, 0.1) is 12.7 Å². The summed E-state index contributed by atoms with van der Waals surface area (Å²) in [5.41, 5.74) is 2.74. The lowest BCUT2D eigenvalue weighted by Crippen LogP contribution is -2.25. The maximum absolute atomic E-state index is 11.5. The molecule has 0 aliphatic carbocycles. The minimum absolute atomic E-state index is 0.296. The van der Waals surface area contributed by atoms with Gasteiger partial charge in [0, 0.05) is 11.7 Å². The first-order valence-electron chi connectivity index (χ1n) is 6.45. The van der Waals surface area contributed by atoms with E-state index in [2.05, 4.69) is 26.1 Å². The van der Waals surface area contributed by atoms with E-state index in [1.807, 2.05) is 19.1 Å². The van der Waals surface area contributed by atoms with Crippen LogP contribution in [0.15, 0.2) is 18.2 Å². The Morgan fingerprint density at radius 3 is 2.56 bits per heavy atom.